The van der Waals surface area contributed by atoms with Crippen molar-refractivity contribution < 1.29 is 4.74 Å². The molecule has 0 bridgehead atoms. The average molecular weight is 422 g/mol. The van der Waals surface area contributed by atoms with E-state index in [0.717, 1.165) is 60.7 Å². The molecule has 2 aromatic rings. The van der Waals surface area contributed by atoms with Crippen molar-refractivity contribution in [2.24, 2.45) is 9.98 Å². The second-order valence-corrected chi connectivity index (χ2v) is 8.53. The van der Waals surface area contributed by atoms with Gasteiger partial charge in [0.1, 0.15) is 11.6 Å². The molecule has 0 amide bonds. The second-order valence-electron chi connectivity index (χ2n) is 7.76. The Morgan fingerprint density at radius 3 is 2.87 bits per heavy atom. The zero-order valence-electron chi connectivity index (χ0n) is 17.4. The van der Waals surface area contributed by atoms with Crippen LogP contribution in [0.1, 0.15) is 17.2 Å². The molecule has 6 nitrogen and oxygen atoms in total. The van der Waals surface area contributed by atoms with Gasteiger partial charge in [0, 0.05) is 37.3 Å². The monoisotopic (exact) mass is 421 g/mol. The molecule has 3 heterocycles. The van der Waals surface area contributed by atoms with E-state index in [1.165, 1.54) is 5.56 Å². The Kier molecular flexibility index (Phi) is 5.50. The van der Waals surface area contributed by atoms with Gasteiger partial charge in [0.15, 0.2) is 5.17 Å². The normalized spacial score (nSPS) is 23.5. The van der Waals surface area contributed by atoms with Gasteiger partial charge in [-0.3, -0.25) is 14.8 Å². The fraction of sp³-hybridized carbons (Fsp3) is 0.391. The minimum Gasteiger partial charge on any atom is -0.496 e. The van der Waals surface area contributed by atoms with Crippen molar-refractivity contribution in [3.63, 3.8) is 0 Å². The van der Waals surface area contributed by atoms with Gasteiger partial charge in [-0.15, -0.1) is 0 Å². The van der Waals surface area contributed by atoms with Gasteiger partial charge in [-0.1, -0.05) is 42.1 Å². The minimum atomic E-state index is 0.283. The van der Waals surface area contributed by atoms with Crippen LogP contribution in [-0.4, -0.2) is 72.9 Å². The highest BCUT2D eigenvalue weighted by molar-refractivity contribution is 8.13. The van der Waals surface area contributed by atoms with Gasteiger partial charge in [-0.2, -0.15) is 0 Å². The van der Waals surface area contributed by atoms with Gasteiger partial charge in [-0.25, -0.2) is 4.99 Å². The molecule has 1 N–H and O–H groups in total. The molecule has 2 aromatic carbocycles. The maximum atomic E-state index is 5.67. The van der Waals surface area contributed by atoms with Crippen LogP contribution in [0.2, 0.25) is 0 Å². The summed E-state index contributed by atoms with van der Waals surface area (Å²) in [4.78, 5) is 14.8. The van der Waals surface area contributed by atoms with E-state index in [4.69, 9.17) is 14.7 Å². The summed E-state index contributed by atoms with van der Waals surface area (Å²) in [5, 5.41) is 4.60. The summed E-state index contributed by atoms with van der Waals surface area (Å²) in [6.45, 7) is 4.67. The summed E-state index contributed by atoms with van der Waals surface area (Å²) >= 11 is 1.70. The molecule has 7 heteroatoms. The van der Waals surface area contributed by atoms with E-state index in [1.807, 2.05) is 12.1 Å². The van der Waals surface area contributed by atoms with Crippen LogP contribution in [0.5, 0.6) is 5.75 Å². The fourth-order valence-corrected chi connectivity index (χ4v) is 5.29. The Morgan fingerprint density at radius 1 is 1.17 bits per heavy atom. The summed E-state index contributed by atoms with van der Waals surface area (Å²) < 4.78 is 5.67. The molecule has 1 saturated heterocycles. The van der Waals surface area contributed by atoms with Crippen LogP contribution in [0.25, 0.3) is 0 Å². The number of aliphatic imine (C=N–C) groups is 2. The lowest BCUT2D eigenvalue weighted by molar-refractivity contribution is 0.138. The molecule has 156 valence electrons. The summed E-state index contributed by atoms with van der Waals surface area (Å²) in [5.74, 6) is 2.02. The van der Waals surface area contributed by atoms with Crippen LogP contribution in [0.3, 0.4) is 0 Å². The van der Waals surface area contributed by atoms with E-state index in [9.17, 15) is 0 Å². The van der Waals surface area contributed by atoms with E-state index >= 15 is 0 Å². The number of amidine groups is 2. The number of nitrogens with zero attached hydrogens (tertiary/aromatic N) is 4. The number of methoxy groups -OCH3 is 1. The first-order chi connectivity index (χ1) is 14.8. The molecule has 0 aromatic heterocycles. The van der Waals surface area contributed by atoms with Gasteiger partial charge in [0.2, 0.25) is 0 Å². The first-order valence-electron chi connectivity index (χ1n) is 10.4. The smallest absolute Gasteiger partial charge is 0.170 e. The van der Waals surface area contributed by atoms with E-state index < -0.39 is 0 Å². The third-order valence-electron chi connectivity index (χ3n) is 6.09. The summed E-state index contributed by atoms with van der Waals surface area (Å²) in [6.07, 6.45) is 2.10. The van der Waals surface area contributed by atoms with Crippen molar-refractivity contribution in [1.29, 1.82) is 0 Å². The Morgan fingerprint density at radius 2 is 2.00 bits per heavy atom. The number of piperazine rings is 1. The lowest BCUT2D eigenvalue weighted by Crippen LogP contribution is -2.53. The Hall–Kier alpha value is -2.35. The molecule has 5 rings (SSSR count). The van der Waals surface area contributed by atoms with Crippen LogP contribution in [0.4, 0.5) is 5.69 Å². The standard InChI is InChI=1S/C23H27N5OS/c1-29-21-10-6-4-8-18(21)20-14-24-11-12-27(20)15-16-13-25-22-17-7-3-5-9-19(17)26-23(30-2)28(16)22/h3-10,16,20,24H,11-15H2,1-2H3. The largest absolute Gasteiger partial charge is 0.496 e. The number of fused-ring (bicyclic) bond motifs is 3. The van der Waals surface area contributed by atoms with Gasteiger partial charge >= 0.3 is 0 Å². The minimum absolute atomic E-state index is 0.283. The van der Waals surface area contributed by atoms with Crippen LogP contribution in [-0.2, 0) is 0 Å². The maximum Gasteiger partial charge on any atom is 0.170 e. The first kappa shape index (κ1) is 19.6. The number of thioether (sulfide) groups is 1. The molecule has 1 fully saturated rings. The van der Waals surface area contributed by atoms with Crippen LogP contribution in [0, 0.1) is 0 Å². The fourth-order valence-electron chi connectivity index (χ4n) is 4.67. The molecule has 0 saturated carbocycles. The third kappa shape index (κ3) is 3.41. The molecule has 30 heavy (non-hydrogen) atoms. The number of benzene rings is 2. The maximum absolute atomic E-state index is 5.67. The highest BCUT2D eigenvalue weighted by atomic mass is 32.2. The highest BCUT2D eigenvalue weighted by Gasteiger charge is 2.38. The van der Waals surface area contributed by atoms with Crippen LogP contribution in [0.15, 0.2) is 58.5 Å². The Balaban J connectivity index is 1.42. The van der Waals surface area contributed by atoms with E-state index in [2.05, 4.69) is 57.8 Å². The van der Waals surface area contributed by atoms with Gasteiger partial charge in [0.05, 0.1) is 31.4 Å². The predicted molar refractivity (Wildman–Crippen MR) is 124 cm³/mol. The zero-order chi connectivity index (χ0) is 20.5. The SMILES string of the molecule is COc1ccccc1C1CNCCN1CC1CN=C2c3ccccc3N=C(SC)N21. The van der Waals surface area contributed by atoms with Gasteiger partial charge in [-0.05, 0) is 24.5 Å². The van der Waals surface area contributed by atoms with Crippen molar-refractivity contribution >= 4 is 28.5 Å². The lowest BCUT2D eigenvalue weighted by Gasteiger charge is -2.40. The summed E-state index contributed by atoms with van der Waals surface area (Å²) in [6, 6.07) is 17.3. The third-order valence-corrected chi connectivity index (χ3v) is 6.75. The van der Waals surface area contributed by atoms with Crippen LogP contribution >= 0.6 is 11.8 Å². The number of para-hydroxylation sites is 2. The average Bonchev–Trinajstić information content (AvgIpc) is 3.23. The molecule has 0 aliphatic carbocycles. The van der Waals surface area contributed by atoms with Crippen LogP contribution < -0.4 is 10.1 Å². The van der Waals surface area contributed by atoms with Crippen molar-refractivity contribution in [3.05, 3.63) is 59.7 Å². The van der Waals surface area contributed by atoms with E-state index in [1.54, 1.807) is 18.9 Å². The van der Waals surface area contributed by atoms with E-state index in [-0.39, 0.29) is 12.1 Å². The number of rotatable bonds is 4. The number of hydrogen-bond acceptors (Lipinski definition) is 7. The second kappa shape index (κ2) is 8.41. The molecule has 3 aliphatic rings. The molecule has 0 spiro atoms. The van der Waals surface area contributed by atoms with E-state index in [0.29, 0.717) is 0 Å². The van der Waals surface area contributed by atoms with Crippen molar-refractivity contribution in [2.45, 2.75) is 12.1 Å². The Bertz CT molecular complexity index is 991. The van der Waals surface area contributed by atoms with Crippen molar-refractivity contribution in [3.8, 4) is 5.75 Å². The lowest BCUT2D eigenvalue weighted by atomic mass is 10.0. The number of ether oxygens (including phenoxy) is 1. The first-order valence-corrected chi connectivity index (χ1v) is 11.7. The molecular formula is C23H27N5OS. The predicted octanol–water partition coefficient (Wildman–Crippen LogP) is 3.14. The van der Waals surface area contributed by atoms with Crippen molar-refractivity contribution in [2.75, 3.05) is 46.1 Å². The Labute approximate surface area is 182 Å². The molecule has 2 atom stereocenters. The molecule has 2 unspecified atom stereocenters. The molecular weight excluding hydrogens is 394 g/mol. The number of nitrogens with one attached hydrogen (secondary N) is 1. The van der Waals surface area contributed by atoms with Gasteiger partial charge < -0.3 is 10.1 Å². The molecule has 3 aliphatic heterocycles. The van der Waals surface area contributed by atoms with Crippen molar-refractivity contribution in [1.82, 2.24) is 15.1 Å². The quantitative estimate of drug-likeness (QED) is 0.822. The molecule has 0 radical (unpaired) electrons. The summed E-state index contributed by atoms with van der Waals surface area (Å²) in [7, 11) is 1.75. The summed E-state index contributed by atoms with van der Waals surface area (Å²) in [5.41, 5.74) is 3.40. The topological polar surface area (TPSA) is 52.5 Å². The number of hydrogen-bond donors (Lipinski definition) is 1. The highest BCUT2D eigenvalue weighted by Crippen LogP contribution is 2.35. The van der Waals surface area contributed by atoms with Gasteiger partial charge in [0.25, 0.3) is 0 Å². The zero-order valence-corrected chi connectivity index (χ0v) is 18.2.